The van der Waals surface area contributed by atoms with Crippen LogP contribution in [0.3, 0.4) is 0 Å². The van der Waals surface area contributed by atoms with Crippen LogP contribution in [0.5, 0.6) is 0 Å². The van der Waals surface area contributed by atoms with Crippen LogP contribution in [-0.4, -0.2) is 182 Å². The fourth-order valence-electron chi connectivity index (χ4n) is 13.0. The standard InChI is InChI=1S/C47H70O18/c1-22(59-44-40(35(53)33(51)31(21-49)63-44)64-41(56)24-9-7-6-8-10-24)27-15-18-47(57)29-12-11-25-19-26(13-16-45(25,3)28(29)14-17-46(27,47)4)61-43-37(55)39(58-5)38(23(2)60-43)65-42-36(54)34(52)32(50)30(20-48)62-42/h6-11,22-23,26-40,42-44,48-55,57H,12-21H2,1-5H3. The van der Waals surface area contributed by atoms with Crippen molar-refractivity contribution in [2.75, 3.05) is 20.3 Å². The minimum atomic E-state index is -1.64. The normalized spacial score (nSPS) is 49.2. The molecule has 4 aliphatic carbocycles. The number of ether oxygens (including phenoxy) is 8. The molecule has 9 N–H and O–H groups in total. The molecule has 18 heteroatoms. The van der Waals surface area contributed by atoms with E-state index in [0.717, 1.165) is 19.3 Å². The molecule has 3 saturated heterocycles. The quantitative estimate of drug-likeness (QED) is 0.102. The van der Waals surface area contributed by atoms with Gasteiger partial charge in [-0.1, -0.05) is 43.7 Å². The maximum absolute atomic E-state index is 13.1. The maximum Gasteiger partial charge on any atom is 0.338 e. The van der Waals surface area contributed by atoms with E-state index in [1.54, 1.807) is 37.3 Å². The highest BCUT2D eigenvalue weighted by Gasteiger charge is 2.67. The van der Waals surface area contributed by atoms with E-state index in [2.05, 4.69) is 19.9 Å². The predicted molar refractivity (Wildman–Crippen MR) is 225 cm³/mol. The summed E-state index contributed by atoms with van der Waals surface area (Å²) < 4.78 is 48.1. The molecule has 0 radical (unpaired) electrons. The van der Waals surface area contributed by atoms with Gasteiger partial charge in [-0.15, -0.1) is 0 Å². The average Bonchev–Trinajstić information content (AvgIpc) is 3.58. The zero-order valence-electron chi connectivity index (χ0n) is 37.8. The number of hydrogen-bond donors (Lipinski definition) is 9. The van der Waals surface area contributed by atoms with E-state index in [4.69, 9.17) is 37.9 Å². The van der Waals surface area contributed by atoms with Crippen molar-refractivity contribution in [2.24, 2.45) is 28.6 Å². The van der Waals surface area contributed by atoms with Gasteiger partial charge in [0.2, 0.25) is 0 Å². The van der Waals surface area contributed by atoms with Crippen molar-refractivity contribution in [3.63, 3.8) is 0 Å². The fourth-order valence-corrected chi connectivity index (χ4v) is 13.0. The van der Waals surface area contributed by atoms with E-state index in [1.165, 1.54) is 12.7 Å². The number of benzene rings is 1. The summed E-state index contributed by atoms with van der Waals surface area (Å²) in [5.41, 5.74) is -0.278. The molecular formula is C47H70O18. The minimum Gasteiger partial charge on any atom is -0.450 e. The number of carbonyl (C=O) groups excluding carboxylic acids is 1. The van der Waals surface area contributed by atoms with Crippen LogP contribution in [0.2, 0.25) is 0 Å². The van der Waals surface area contributed by atoms with Gasteiger partial charge < -0.3 is 83.9 Å². The Kier molecular flexibility index (Phi) is 14.6. The van der Waals surface area contributed by atoms with Crippen molar-refractivity contribution in [2.45, 2.75) is 189 Å². The Labute approximate surface area is 379 Å². The lowest BCUT2D eigenvalue weighted by atomic mass is 9.45. The Hall–Kier alpha value is -2.21. The van der Waals surface area contributed by atoms with Crippen LogP contribution in [0.25, 0.3) is 0 Å². The minimum absolute atomic E-state index is 0.0293. The fraction of sp³-hybridized carbons (Fsp3) is 0.809. The van der Waals surface area contributed by atoms with Crippen molar-refractivity contribution in [1.82, 2.24) is 0 Å². The number of allylic oxidation sites excluding steroid dienone is 1. The van der Waals surface area contributed by atoms with Crippen molar-refractivity contribution < 1.29 is 88.6 Å². The molecule has 23 atom stereocenters. The van der Waals surface area contributed by atoms with Gasteiger partial charge in [0.15, 0.2) is 25.0 Å². The Bertz CT molecular complexity index is 1820. The lowest BCUT2D eigenvalue weighted by molar-refractivity contribution is -0.361. The summed E-state index contributed by atoms with van der Waals surface area (Å²) in [7, 11) is 1.41. The third kappa shape index (κ3) is 8.65. The molecule has 1 aromatic rings. The molecule has 0 amide bonds. The molecule has 0 spiro atoms. The van der Waals surface area contributed by atoms with Gasteiger partial charge in [-0.25, -0.2) is 4.79 Å². The van der Waals surface area contributed by atoms with Crippen LogP contribution in [-0.2, 0) is 37.9 Å². The van der Waals surface area contributed by atoms with Gasteiger partial charge in [-0.2, -0.15) is 0 Å². The van der Waals surface area contributed by atoms with E-state index < -0.39 is 128 Å². The number of hydrogen-bond acceptors (Lipinski definition) is 18. The van der Waals surface area contributed by atoms with Gasteiger partial charge in [0, 0.05) is 12.5 Å². The monoisotopic (exact) mass is 922 g/mol. The summed E-state index contributed by atoms with van der Waals surface area (Å²) in [6, 6.07) is 8.27. The van der Waals surface area contributed by atoms with Crippen LogP contribution in [0.15, 0.2) is 42.0 Å². The molecule has 7 aliphatic rings. The van der Waals surface area contributed by atoms with Gasteiger partial charge in [0.1, 0.15) is 61.0 Å². The molecular weight excluding hydrogens is 852 g/mol. The first-order valence-corrected chi connectivity index (χ1v) is 23.3. The summed E-state index contributed by atoms with van der Waals surface area (Å²) in [4.78, 5) is 13.1. The highest BCUT2D eigenvalue weighted by molar-refractivity contribution is 5.89. The Morgan fingerprint density at radius 3 is 2.09 bits per heavy atom. The number of fused-ring (bicyclic) bond motifs is 5. The third-order valence-electron chi connectivity index (χ3n) is 16.8. The highest BCUT2D eigenvalue weighted by Crippen LogP contribution is 2.68. The Balaban J connectivity index is 0.917. The van der Waals surface area contributed by atoms with Crippen molar-refractivity contribution in [1.29, 1.82) is 0 Å². The van der Waals surface area contributed by atoms with E-state index >= 15 is 0 Å². The SMILES string of the molecule is COC1C(O)C(OC2CCC3(C)C(=CCC4C3CCC3(C)C(C(C)OC5OC(CO)C(O)C(O)C5OC(=O)c5ccccc5)CCC43O)C2)OC(C)C1OC1OC(CO)C(O)C(O)C1O. The molecule has 366 valence electrons. The van der Waals surface area contributed by atoms with Crippen LogP contribution in [0.1, 0.15) is 89.4 Å². The second-order valence-corrected chi connectivity index (χ2v) is 20.1. The second kappa shape index (κ2) is 19.3. The molecule has 0 aromatic heterocycles. The number of carbonyl (C=O) groups is 1. The molecule has 3 aliphatic heterocycles. The van der Waals surface area contributed by atoms with Gasteiger partial charge in [-0.3, -0.25) is 0 Å². The molecule has 0 bridgehead atoms. The second-order valence-electron chi connectivity index (χ2n) is 20.1. The first-order chi connectivity index (χ1) is 30.9. The summed E-state index contributed by atoms with van der Waals surface area (Å²) in [5, 5.41) is 97.1. The van der Waals surface area contributed by atoms with E-state index in [0.29, 0.717) is 32.1 Å². The first-order valence-electron chi connectivity index (χ1n) is 23.3. The first kappa shape index (κ1) is 49.2. The van der Waals surface area contributed by atoms with Gasteiger partial charge >= 0.3 is 5.97 Å². The number of aliphatic hydroxyl groups is 9. The lowest BCUT2D eigenvalue weighted by Crippen LogP contribution is -2.64. The largest absolute Gasteiger partial charge is 0.450 e. The average molecular weight is 923 g/mol. The highest BCUT2D eigenvalue weighted by atomic mass is 16.7. The predicted octanol–water partition coefficient (Wildman–Crippen LogP) is 0.441. The molecule has 3 heterocycles. The summed E-state index contributed by atoms with van der Waals surface area (Å²) in [6.45, 7) is 6.83. The zero-order valence-corrected chi connectivity index (χ0v) is 37.8. The smallest absolute Gasteiger partial charge is 0.338 e. The topological polar surface area (TPSA) is 273 Å². The number of esters is 1. The molecule has 65 heavy (non-hydrogen) atoms. The third-order valence-corrected chi connectivity index (χ3v) is 16.8. The van der Waals surface area contributed by atoms with Crippen molar-refractivity contribution in [3.05, 3.63) is 47.5 Å². The molecule has 18 nitrogen and oxygen atoms in total. The summed E-state index contributed by atoms with van der Waals surface area (Å²) in [5.74, 6) is -0.696. The van der Waals surface area contributed by atoms with Crippen LogP contribution < -0.4 is 0 Å². The summed E-state index contributed by atoms with van der Waals surface area (Å²) in [6.07, 6.45) is -12.5. The Morgan fingerprint density at radius 1 is 0.754 bits per heavy atom. The maximum atomic E-state index is 13.1. The molecule has 8 rings (SSSR count). The lowest BCUT2D eigenvalue weighted by Gasteiger charge is -2.61. The van der Waals surface area contributed by atoms with Crippen LogP contribution >= 0.6 is 0 Å². The molecule has 23 unspecified atom stereocenters. The number of rotatable bonds is 12. The zero-order chi connectivity index (χ0) is 46.7. The molecule has 3 saturated carbocycles. The van der Waals surface area contributed by atoms with Gasteiger partial charge in [-0.05, 0) is 101 Å². The molecule has 6 fully saturated rings. The molecule has 1 aromatic carbocycles. The van der Waals surface area contributed by atoms with Crippen LogP contribution in [0.4, 0.5) is 0 Å². The number of aliphatic hydroxyl groups excluding tert-OH is 8. The van der Waals surface area contributed by atoms with Crippen LogP contribution in [0, 0.1) is 28.6 Å². The Morgan fingerprint density at radius 2 is 1.42 bits per heavy atom. The number of methoxy groups -OCH3 is 1. The van der Waals surface area contributed by atoms with Gasteiger partial charge in [0.25, 0.3) is 0 Å². The van der Waals surface area contributed by atoms with E-state index in [1.807, 2.05) is 6.92 Å². The van der Waals surface area contributed by atoms with Crippen molar-refractivity contribution >= 4 is 5.97 Å². The van der Waals surface area contributed by atoms with E-state index in [-0.39, 0.29) is 34.8 Å². The van der Waals surface area contributed by atoms with E-state index in [9.17, 15) is 50.8 Å². The van der Waals surface area contributed by atoms with Crippen molar-refractivity contribution in [3.8, 4) is 0 Å². The van der Waals surface area contributed by atoms with Gasteiger partial charge in [0.05, 0.1) is 42.7 Å². The summed E-state index contributed by atoms with van der Waals surface area (Å²) >= 11 is 0.